The van der Waals surface area contributed by atoms with Gasteiger partial charge in [-0.05, 0) is 31.6 Å². The van der Waals surface area contributed by atoms with Crippen molar-refractivity contribution in [1.29, 1.82) is 0 Å². The molecular formula is C13H18O3. The van der Waals surface area contributed by atoms with Gasteiger partial charge in [-0.15, -0.1) is 0 Å². The van der Waals surface area contributed by atoms with Gasteiger partial charge in [0, 0.05) is 24.2 Å². The van der Waals surface area contributed by atoms with Gasteiger partial charge in [-0.25, -0.2) is 0 Å². The van der Waals surface area contributed by atoms with Crippen molar-refractivity contribution in [3.63, 3.8) is 0 Å². The van der Waals surface area contributed by atoms with Gasteiger partial charge < -0.3 is 4.74 Å². The topological polar surface area (TPSA) is 43.4 Å². The summed E-state index contributed by atoms with van der Waals surface area (Å²) in [5, 5.41) is 0. The molecule has 16 heavy (non-hydrogen) atoms. The molecule has 3 rings (SSSR count). The van der Waals surface area contributed by atoms with Crippen molar-refractivity contribution in [3.05, 3.63) is 0 Å². The Hall–Kier alpha value is -0.860. The standard InChI is InChI=1S/C13H18O3/c1-13-7-6-10-8(2-5-12(15)16-10)9(13)3-4-11(13)14/h8-10H,2-7H2,1H3/t8-,9-,10+,13-/m0/s1. The highest BCUT2D eigenvalue weighted by atomic mass is 16.5. The lowest BCUT2D eigenvalue weighted by molar-refractivity contribution is -0.168. The molecule has 1 aliphatic heterocycles. The van der Waals surface area contributed by atoms with E-state index in [1.807, 2.05) is 0 Å². The molecule has 1 saturated heterocycles. The first-order chi connectivity index (χ1) is 7.61. The maximum atomic E-state index is 12.0. The van der Waals surface area contributed by atoms with E-state index in [4.69, 9.17) is 4.74 Å². The fraction of sp³-hybridized carbons (Fsp3) is 0.846. The van der Waals surface area contributed by atoms with Crippen molar-refractivity contribution in [2.75, 3.05) is 0 Å². The molecule has 2 aliphatic carbocycles. The van der Waals surface area contributed by atoms with Crippen LogP contribution in [0.15, 0.2) is 0 Å². The quantitative estimate of drug-likeness (QED) is 0.589. The average molecular weight is 222 g/mol. The molecule has 0 aromatic rings. The second-order valence-electron chi connectivity index (χ2n) is 5.76. The van der Waals surface area contributed by atoms with Crippen LogP contribution in [0.2, 0.25) is 0 Å². The van der Waals surface area contributed by atoms with Crippen LogP contribution in [0.1, 0.15) is 45.4 Å². The van der Waals surface area contributed by atoms with E-state index in [-0.39, 0.29) is 17.5 Å². The Labute approximate surface area is 95.5 Å². The highest BCUT2D eigenvalue weighted by Crippen LogP contribution is 2.55. The third kappa shape index (κ3) is 1.26. The molecule has 0 radical (unpaired) electrons. The molecule has 0 unspecified atom stereocenters. The van der Waals surface area contributed by atoms with Crippen LogP contribution < -0.4 is 0 Å². The molecule has 88 valence electrons. The second-order valence-corrected chi connectivity index (χ2v) is 5.76. The number of carbonyl (C=O) groups excluding carboxylic acids is 2. The van der Waals surface area contributed by atoms with Crippen molar-refractivity contribution in [3.8, 4) is 0 Å². The first-order valence-corrected chi connectivity index (χ1v) is 6.34. The minimum atomic E-state index is -0.106. The lowest BCUT2D eigenvalue weighted by atomic mass is 9.61. The Balaban J connectivity index is 1.87. The van der Waals surface area contributed by atoms with Crippen LogP contribution in [0.25, 0.3) is 0 Å². The van der Waals surface area contributed by atoms with Gasteiger partial charge in [-0.1, -0.05) is 6.92 Å². The minimum Gasteiger partial charge on any atom is -0.462 e. The zero-order valence-electron chi connectivity index (χ0n) is 9.70. The van der Waals surface area contributed by atoms with Crippen LogP contribution in [0.3, 0.4) is 0 Å². The molecule has 0 spiro atoms. The fourth-order valence-corrected chi connectivity index (χ4v) is 4.07. The first-order valence-electron chi connectivity index (χ1n) is 6.34. The molecule has 4 atom stereocenters. The summed E-state index contributed by atoms with van der Waals surface area (Å²) in [5.74, 6) is 1.30. The predicted octanol–water partition coefficient (Wildman–Crippen LogP) is 2.09. The summed E-state index contributed by atoms with van der Waals surface area (Å²) in [6.07, 6.45) is 5.11. The number of ketones is 1. The zero-order chi connectivity index (χ0) is 11.3. The van der Waals surface area contributed by atoms with E-state index in [9.17, 15) is 9.59 Å². The van der Waals surface area contributed by atoms with E-state index >= 15 is 0 Å². The van der Waals surface area contributed by atoms with Crippen LogP contribution in [0.5, 0.6) is 0 Å². The molecule has 3 heteroatoms. The van der Waals surface area contributed by atoms with E-state index in [0.717, 1.165) is 32.1 Å². The van der Waals surface area contributed by atoms with Crippen molar-refractivity contribution in [2.24, 2.45) is 17.3 Å². The normalized spacial score (nSPS) is 47.2. The van der Waals surface area contributed by atoms with E-state index in [0.29, 0.717) is 24.0 Å². The number of rotatable bonds is 0. The number of esters is 1. The van der Waals surface area contributed by atoms with Crippen molar-refractivity contribution < 1.29 is 14.3 Å². The van der Waals surface area contributed by atoms with Gasteiger partial charge >= 0.3 is 5.97 Å². The minimum absolute atomic E-state index is 0.0471. The maximum absolute atomic E-state index is 12.0. The van der Waals surface area contributed by atoms with Crippen LogP contribution in [-0.2, 0) is 14.3 Å². The summed E-state index contributed by atoms with van der Waals surface area (Å²) >= 11 is 0. The van der Waals surface area contributed by atoms with Gasteiger partial charge in [0.15, 0.2) is 0 Å². The Kier molecular flexibility index (Phi) is 2.13. The molecule has 3 aliphatic rings. The molecule has 2 saturated carbocycles. The molecule has 3 fully saturated rings. The number of Topliss-reactive ketones (excluding diaryl/α,β-unsaturated/α-hetero) is 1. The summed E-state index contributed by atoms with van der Waals surface area (Å²) in [4.78, 5) is 23.2. The van der Waals surface area contributed by atoms with Crippen LogP contribution in [0.4, 0.5) is 0 Å². The molecule has 0 bridgehead atoms. The lowest BCUT2D eigenvalue weighted by Crippen LogP contribution is -2.47. The van der Waals surface area contributed by atoms with E-state index in [2.05, 4.69) is 6.92 Å². The molecule has 0 aromatic carbocycles. The summed E-state index contributed by atoms with van der Waals surface area (Å²) < 4.78 is 5.43. The lowest BCUT2D eigenvalue weighted by Gasteiger charge is -2.46. The van der Waals surface area contributed by atoms with Crippen molar-refractivity contribution in [1.82, 2.24) is 0 Å². The van der Waals surface area contributed by atoms with Crippen molar-refractivity contribution >= 4 is 11.8 Å². The molecule has 0 N–H and O–H groups in total. The SMILES string of the molecule is C[C@]12CC[C@H]3OC(=O)CC[C@H]3[C@@H]1CCC2=O. The summed E-state index contributed by atoms with van der Waals surface area (Å²) in [5.41, 5.74) is -0.106. The van der Waals surface area contributed by atoms with Gasteiger partial charge in [-0.2, -0.15) is 0 Å². The summed E-state index contributed by atoms with van der Waals surface area (Å²) in [6.45, 7) is 2.12. The van der Waals surface area contributed by atoms with Gasteiger partial charge in [0.2, 0.25) is 0 Å². The highest BCUT2D eigenvalue weighted by Gasteiger charge is 2.55. The first kappa shape index (κ1) is 10.3. The van der Waals surface area contributed by atoms with Crippen LogP contribution in [-0.4, -0.2) is 17.9 Å². The molecular weight excluding hydrogens is 204 g/mol. The maximum Gasteiger partial charge on any atom is 0.306 e. The number of hydrogen-bond donors (Lipinski definition) is 0. The summed E-state index contributed by atoms with van der Waals surface area (Å²) in [6, 6.07) is 0. The van der Waals surface area contributed by atoms with Gasteiger partial charge in [-0.3, -0.25) is 9.59 Å². The largest absolute Gasteiger partial charge is 0.462 e. The number of carbonyl (C=O) groups is 2. The fourth-order valence-electron chi connectivity index (χ4n) is 4.07. The second kappa shape index (κ2) is 3.31. The van der Waals surface area contributed by atoms with Crippen LogP contribution in [0, 0.1) is 17.3 Å². The van der Waals surface area contributed by atoms with Gasteiger partial charge in [0.25, 0.3) is 0 Å². The van der Waals surface area contributed by atoms with Gasteiger partial charge in [0.1, 0.15) is 11.9 Å². The predicted molar refractivity (Wildman–Crippen MR) is 57.7 cm³/mol. The van der Waals surface area contributed by atoms with Crippen LogP contribution >= 0.6 is 0 Å². The Bertz CT molecular complexity index is 349. The van der Waals surface area contributed by atoms with Gasteiger partial charge in [0.05, 0.1) is 0 Å². The van der Waals surface area contributed by atoms with E-state index in [1.165, 1.54) is 0 Å². The third-order valence-corrected chi connectivity index (χ3v) is 5.04. The van der Waals surface area contributed by atoms with E-state index in [1.54, 1.807) is 0 Å². The summed E-state index contributed by atoms with van der Waals surface area (Å²) in [7, 11) is 0. The third-order valence-electron chi connectivity index (χ3n) is 5.04. The molecule has 0 aromatic heterocycles. The Morgan fingerprint density at radius 2 is 2.00 bits per heavy atom. The van der Waals surface area contributed by atoms with E-state index < -0.39 is 0 Å². The van der Waals surface area contributed by atoms with Crippen molar-refractivity contribution in [2.45, 2.75) is 51.6 Å². The molecule has 1 heterocycles. The molecule has 0 amide bonds. The number of hydrogen-bond acceptors (Lipinski definition) is 3. The zero-order valence-corrected chi connectivity index (χ0v) is 9.70. The smallest absolute Gasteiger partial charge is 0.306 e. The monoisotopic (exact) mass is 222 g/mol. The Morgan fingerprint density at radius 1 is 1.19 bits per heavy atom. The number of ether oxygens (including phenoxy) is 1. The Morgan fingerprint density at radius 3 is 2.81 bits per heavy atom. The number of fused-ring (bicyclic) bond motifs is 3. The average Bonchev–Trinajstić information content (AvgIpc) is 2.56. The molecule has 3 nitrogen and oxygen atoms in total. The highest BCUT2D eigenvalue weighted by molar-refractivity contribution is 5.87.